The summed E-state index contributed by atoms with van der Waals surface area (Å²) in [5, 5.41) is 0. The number of imidazole rings is 1. The molecule has 0 bridgehead atoms. The number of rotatable bonds is 0. The van der Waals surface area contributed by atoms with Crippen molar-refractivity contribution in [2.24, 2.45) is 0 Å². The molecule has 2 rings (SSSR count). The molecule has 1 N–H and O–H groups in total. The maximum absolute atomic E-state index is 4.08. The average molecular weight is 196 g/mol. The van der Waals surface area contributed by atoms with Gasteiger partial charge in [0.15, 0.2) is 0 Å². The van der Waals surface area contributed by atoms with E-state index in [9.17, 15) is 0 Å². The molecule has 1 aromatic heterocycles. The second kappa shape index (κ2) is 4.02. The minimum atomic E-state index is 0.855. The zero-order valence-electron chi connectivity index (χ0n) is 8.83. The Hall–Kier alpha value is -2.01. The van der Waals surface area contributed by atoms with Crippen LogP contribution in [0.3, 0.4) is 0 Å². The molecule has 2 nitrogen and oxygen atoms in total. The topological polar surface area (TPSA) is 28.7 Å². The van der Waals surface area contributed by atoms with E-state index in [0.717, 1.165) is 17.1 Å². The molecule has 0 amide bonds. The minimum Gasteiger partial charge on any atom is -0.336 e. The number of aromatic nitrogens is 2. The summed E-state index contributed by atoms with van der Waals surface area (Å²) in [5.74, 6) is 7.01. The van der Waals surface area contributed by atoms with Gasteiger partial charge in [0.05, 0.1) is 6.20 Å². The maximum Gasteiger partial charge on any atom is 0.110 e. The third-order valence-corrected chi connectivity index (χ3v) is 2.10. The van der Waals surface area contributed by atoms with Gasteiger partial charge in [-0.3, -0.25) is 0 Å². The van der Waals surface area contributed by atoms with Crippen molar-refractivity contribution in [2.45, 2.75) is 13.8 Å². The molecule has 0 fully saturated rings. The van der Waals surface area contributed by atoms with E-state index in [1.807, 2.05) is 19.1 Å². The van der Waals surface area contributed by atoms with Crippen molar-refractivity contribution in [2.75, 3.05) is 0 Å². The largest absolute Gasteiger partial charge is 0.336 e. The normalized spacial score (nSPS) is 9.47. The molecule has 1 heterocycles. The van der Waals surface area contributed by atoms with Crippen molar-refractivity contribution < 1.29 is 0 Å². The van der Waals surface area contributed by atoms with Crippen LogP contribution in [0.4, 0.5) is 0 Å². The zero-order chi connectivity index (χ0) is 10.7. The summed E-state index contributed by atoms with van der Waals surface area (Å²) in [6, 6.07) is 8.15. The average Bonchev–Trinajstić information content (AvgIpc) is 2.64. The Bertz CT molecular complexity index is 509. The van der Waals surface area contributed by atoms with Crippen molar-refractivity contribution in [3.63, 3.8) is 0 Å². The third-order valence-electron chi connectivity index (χ3n) is 2.10. The fourth-order valence-corrected chi connectivity index (χ4v) is 1.26. The second-order valence-corrected chi connectivity index (χ2v) is 3.50. The van der Waals surface area contributed by atoms with Gasteiger partial charge in [0, 0.05) is 5.56 Å². The Balaban J connectivity index is 2.22. The molecular weight excluding hydrogens is 184 g/mol. The summed E-state index contributed by atoms with van der Waals surface area (Å²) in [4.78, 5) is 7.16. The Kier molecular flexibility index (Phi) is 2.55. The van der Waals surface area contributed by atoms with Crippen LogP contribution >= 0.6 is 0 Å². The van der Waals surface area contributed by atoms with E-state index in [4.69, 9.17) is 0 Å². The lowest BCUT2D eigenvalue weighted by Gasteiger charge is -1.90. The summed E-state index contributed by atoms with van der Waals surface area (Å²) < 4.78 is 0. The Morgan fingerprint density at radius 2 is 1.80 bits per heavy atom. The van der Waals surface area contributed by atoms with Crippen LogP contribution < -0.4 is 0 Å². The molecule has 0 aliphatic heterocycles. The summed E-state index contributed by atoms with van der Waals surface area (Å²) in [5.41, 5.74) is 3.12. The van der Waals surface area contributed by atoms with Crippen LogP contribution in [0, 0.1) is 25.7 Å². The van der Waals surface area contributed by atoms with Crippen molar-refractivity contribution >= 4 is 0 Å². The number of hydrogen-bond donors (Lipinski definition) is 1. The molecule has 0 unspecified atom stereocenters. The zero-order valence-corrected chi connectivity index (χ0v) is 8.83. The number of nitrogens with one attached hydrogen (secondary N) is 1. The molecule has 0 aliphatic rings. The van der Waals surface area contributed by atoms with Crippen LogP contribution in [0.15, 0.2) is 30.5 Å². The van der Waals surface area contributed by atoms with E-state index in [1.54, 1.807) is 6.20 Å². The first-order valence-electron chi connectivity index (χ1n) is 4.84. The first-order chi connectivity index (χ1) is 7.24. The van der Waals surface area contributed by atoms with Crippen LogP contribution in [0.25, 0.3) is 0 Å². The van der Waals surface area contributed by atoms with Gasteiger partial charge in [-0.05, 0) is 31.9 Å². The molecule has 0 radical (unpaired) electrons. The van der Waals surface area contributed by atoms with Gasteiger partial charge in [0.1, 0.15) is 11.5 Å². The predicted molar refractivity (Wildman–Crippen MR) is 60.5 cm³/mol. The lowest BCUT2D eigenvalue weighted by Crippen LogP contribution is -1.77. The van der Waals surface area contributed by atoms with E-state index in [-0.39, 0.29) is 0 Å². The van der Waals surface area contributed by atoms with Crippen molar-refractivity contribution in [3.05, 3.63) is 53.1 Å². The molecule has 0 aliphatic carbocycles. The van der Waals surface area contributed by atoms with Crippen molar-refractivity contribution in [1.29, 1.82) is 0 Å². The van der Waals surface area contributed by atoms with Crippen LogP contribution in [0.2, 0.25) is 0 Å². The number of benzene rings is 1. The standard InChI is InChI=1S/C13H12N2/c1-10-3-5-12(6-4-10)7-8-13-9-14-11(2)15-13/h3-6,9H,1-2H3,(H,14,15). The molecule has 74 valence electrons. The molecule has 1 aromatic carbocycles. The fourth-order valence-electron chi connectivity index (χ4n) is 1.26. The van der Waals surface area contributed by atoms with Crippen molar-refractivity contribution in [3.8, 4) is 11.8 Å². The van der Waals surface area contributed by atoms with E-state index in [2.05, 4.69) is 40.9 Å². The number of H-pyrrole nitrogens is 1. The molecular formula is C13H12N2. The van der Waals surface area contributed by atoms with E-state index < -0.39 is 0 Å². The smallest absolute Gasteiger partial charge is 0.110 e. The molecule has 0 saturated heterocycles. The van der Waals surface area contributed by atoms with Gasteiger partial charge in [-0.1, -0.05) is 23.6 Å². The quantitative estimate of drug-likeness (QED) is 0.644. The fraction of sp³-hybridized carbons (Fsp3) is 0.154. The van der Waals surface area contributed by atoms with E-state index >= 15 is 0 Å². The molecule has 0 atom stereocenters. The molecule has 0 saturated carbocycles. The van der Waals surface area contributed by atoms with E-state index in [1.165, 1.54) is 5.56 Å². The minimum absolute atomic E-state index is 0.855. The monoisotopic (exact) mass is 196 g/mol. The Morgan fingerprint density at radius 1 is 1.07 bits per heavy atom. The van der Waals surface area contributed by atoms with Gasteiger partial charge < -0.3 is 4.98 Å². The van der Waals surface area contributed by atoms with Gasteiger partial charge in [-0.15, -0.1) is 0 Å². The predicted octanol–water partition coefficient (Wildman–Crippen LogP) is 2.43. The highest BCUT2D eigenvalue weighted by atomic mass is 14.9. The number of hydrogen-bond acceptors (Lipinski definition) is 1. The third kappa shape index (κ3) is 2.47. The number of aryl methyl sites for hydroxylation is 2. The van der Waals surface area contributed by atoms with Crippen LogP contribution in [-0.2, 0) is 0 Å². The summed E-state index contributed by atoms with van der Waals surface area (Å²) >= 11 is 0. The van der Waals surface area contributed by atoms with Gasteiger partial charge >= 0.3 is 0 Å². The lowest BCUT2D eigenvalue weighted by atomic mass is 10.1. The van der Waals surface area contributed by atoms with Gasteiger partial charge in [-0.2, -0.15) is 0 Å². The van der Waals surface area contributed by atoms with Crippen LogP contribution in [0.1, 0.15) is 22.6 Å². The molecule has 2 aromatic rings. The number of aromatic amines is 1. The summed E-state index contributed by atoms with van der Waals surface area (Å²) in [7, 11) is 0. The Morgan fingerprint density at radius 3 is 2.40 bits per heavy atom. The van der Waals surface area contributed by atoms with E-state index in [0.29, 0.717) is 0 Å². The second-order valence-electron chi connectivity index (χ2n) is 3.50. The summed E-state index contributed by atoms with van der Waals surface area (Å²) in [6.07, 6.45) is 1.75. The van der Waals surface area contributed by atoms with Crippen LogP contribution in [0.5, 0.6) is 0 Å². The van der Waals surface area contributed by atoms with Gasteiger partial charge in [-0.25, -0.2) is 4.98 Å². The van der Waals surface area contributed by atoms with Gasteiger partial charge in [0.25, 0.3) is 0 Å². The highest BCUT2D eigenvalue weighted by molar-refractivity contribution is 5.40. The van der Waals surface area contributed by atoms with Crippen molar-refractivity contribution in [1.82, 2.24) is 9.97 Å². The first kappa shape index (κ1) is 9.54. The SMILES string of the molecule is Cc1ccc(C#Cc2cnc(C)[nH]2)cc1. The van der Waals surface area contributed by atoms with Crippen LogP contribution in [-0.4, -0.2) is 9.97 Å². The highest BCUT2D eigenvalue weighted by Gasteiger charge is 1.90. The summed E-state index contributed by atoms with van der Waals surface area (Å²) in [6.45, 7) is 3.98. The molecule has 0 spiro atoms. The highest BCUT2D eigenvalue weighted by Crippen LogP contribution is 2.01. The number of nitrogens with zero attached hydrogens (tertiary/aromatic N) is 1. The molecule has 15 heavy (non-hydrogen) atoms. The lowest BCUT2D eigenvalue weighted by molar-refractivity contribution is 1.14. The Labute approximate surface area is 89.4 Å². The van der Waals surface area contributed by atoms with Gasteiger partial charge in [0.2, 0.25) is 0 Å². The molecule has 2 heteroatoms. The first-order valence-corrected chi connectivity index (χ1v) is 4.84. The maximum atomic E-state index is 4.08.